The number of aliphatic hydroxyl groups excluding tert-OH is 1. The smallest absolute Gasteiger partial charge is 0.337 e. The van der Waals surface area contributed by atoms with Crippen molar-refractivity contribution in [1.82, 2.24) is 0 Å². The maximum Gasteiger partial charge on any atom is 0.337 e. The van der Waals surface area contributed by atoms with Crippen molar-refractivity contribution in [3.05, 3.63) is 78.1 Å². The molecule has 1 rings (SSSR count). The Morgan fingerprint density at radius 1 is 1.26 bits per heavy atom. The minimum absolute atomic E-state index is 0.0248. The first-order chi connectivity index (χ1) is 10.8. The van der Waals surface area contributed by atoms with E-state index in [2.05, 4.69) is 13.2 Å². The number of aromatic carboxylic acids is 1. The lowest BCUT2D eigenvalue weighted by molar-refractivity contribution is -0.114. The lowest BCUT2D eigenvalue weighted by Crippen LogP contribution is -2.39. The van der Waals surface area contributed by atoms with Crippen LogP contribution in [0.1, 0.15) is 15.9 Å². The van der Waals surface area contributed by atoms with Crippen LogP contribution in [0.15, 0.2) is 67.0 Å². The summed E-state index contributed by atoms with van der Waals surface area (Å²) in [7, 11) is 0. The van der Waals surface area contributed by atoms with Crippen LogP contribution in [0.2, 0.25) is 0 Å². The molecule has 0 aliphatic carbocycles. The number of benzene rings is 1. The van der Waals surface area contributed by atoms with E-state index < -0.39 is 11.9 Å². The topological polar surface area (TPSA) is 104 Å². The highest BCUT2D eigenvalue weighted by Gasteiger charge is 2.21. The number of allylic oxidation sites excluding steroid dienone is 3. The number of hydrogen-bond donors (Lipinski definition) is 3. The van der Waals surface area contributed by atoms with Crippen LogP contribution in [-0.2, 0) is 4.79 Å². The largest absolute Gasteiger partial charge is 0.508 e. The van der Waals surface area contributed by atoms with E-state index in [0.29, 0.717) is 5.01 Å². The first-order valence-corrected chi connectivity index (χ1v) is 6.60. The second-order valence-corrected chi connectivity index (χ2v) is 4.63. The molecule has 0 spiro atoms. The van der Waals surface area contributed by atoms with Gasteiger partial charge in [0.1, 0.15) is 5.76 Å². The fraction of sp³-hybridized carbons (Fsp3) is 0.0588. The molecule has 0 heterocycles. The Hall–Kier alpha value is -3.12. The van der Waals surface area contributed by atoms with Crippen molar-refractivity contribution in [3.63, 3.8) is 0 Å². The zero-order valence-corrected chi connectivity index (χ0v) is 12.7. The van der Waals surface area contributed by atoms with E-state index in [-0.39, 0.29) is 22.6 Å². The standard InChI is InChI=1S/C17H18N2O4/c1-4-6-12(10-13(20)5-2)16(21)19(18)15-8-7-11(3)9-14(15)17(22)23/h4-10,20H,1-2,18H2,3H3,(H,22,23)/b12-6+,13-10+. The highest BCUT2D eigenvalue weighted by molar-refractivity contribution is 6.09. The summed E-state index contributed by atoms with van der Waals surface area (Å²) in [4.78, 5) is 23.8. The lowest BCUT2D eigenvalue weighted by atomic mass is 10.1. The summed E-state index contributed by atoms with van der Waals surface area (Å²) in [5.41, 5.74) is 0.681. The molecule has 0 radical (unpaired) electrons. The third-order valence-corrected chi connectivity index (χ3v) is 2.92. The van der Waals surface area contributed by atoms with E-state index in [1.807, 2.05) is 0 Å². The maximum absolute atomic E-state index is 12.4. The Bertz CT molecular complexity index is 717. The van der Waals surface area contributed by atoms with Crippen molar-refractivity contribution >= 4 is 17.6 Å². The summed E-state index contributed by atoms with van der Waals surface area (Å²) >= 11 is 0. The Balaban J connectivity index is 3.32. The molecule has 0 unspecified atom stereocenters. The number of carboxylic acids is 1. The summed E-state index contributed by atoms with van der Waals surface area (Å²) in [6.07, 6.45) is 5.00. The zero-order chi connectivity index (χ0) is 17.6. The summed E-state index contributed by atoms with van der Waals surface area (Å²) < 4.78 is 0. The molecule has 0 saturated carbocycles. The van der Waals surface area contributed by atoms with E-state index in [0.717, 1.165) is 17.7 Å². The number of carboxylic acid groups (broad SMARTS) is 1. The Kier molecular flexibility index (Phi) is 6.05. The van der Waals surface area contributed by atoms with Gasteiger partial charge in [0.05, 0.1) is 11.3 Å². The number of nitrogens with two attached hydrogens (primary N) is 1. The molecule has 23 heavy (non-hydrogen) atoms. The van der Waals surface area contributed by atoms with Crippen molar-refractivity contribution < 1.29 is 19.8 Å². The van der Waals surface area contributed by atoms with Gasteiger partial charge in [-0.1, -0.05) is 30.9 Å². The van der Waals surface area contributed by atoms with Crippen molar-refractivity contribution in [2.75, 3.05) is 5.01 Å². The van der Waals surface area contributed by atoms with E-state index >= 15 is 0 Å². The molecule has 4 N–H and O–H groups in total. The van der Waals surface area contributed by atoms with Gasteiger partial charge in [0, 0.05) is 5.57 Å². The molecular weight excluding hydrogens is 296 g/mol. The number of carbonyl (C=O) groups is 2. The van der Waals surface area contributed by atoms with Gasteiger partial charge < -0.3 is 10.2 Å². The van der Waals surface area contributed by atoms with Crippen LogP contribution in [-0.4, -0.2) is 22.1 Å². The molecule has 0 aromatic heterocycles. The number of hydrazine groups is 1. The van der Waals surface area contributed by atoms with Crippen LogP contribution in [0.25, 0.3) is 0 Å². The average molecular weight is 314 g/mol. The molecule has 0 atom stereocenters. The van der Waals surface area contributed by atoms with Crippen molar-refractivity contribution in [2.45, 2.75) is 6.92 Å². The molecule has 1 aromatic rings. The van der Waals surface area contributed by atoms with Gasteiger partial charge >= 0.3 is 5.97 Å². The number of nitrogens with zero attached hydrogens (tertiary/aromatic N) is 1. The number of carbonyl (C=O) groups excluding carboxylic acids is 1. The van der Waals surface area contributed by atoms with Crippen LogP contribution in [0.3, 0.4) is 0 Å². The quantitative estimate of drug-likeness (QED) is 0.187. The van der Waals surface area contributed by atoms with E-state index in [4.69, 9.17) is 5.84 Å². The number of hydrogen-bond acceptors (Lipinski definition) is 4. The molecule has 6 heteroatoms. The Labute approximate surface area is 134 Å². The number of aryl methyl sites for hydroxylation is 1. The second kappa shape index (κ2) is 7.77. The molecule has 1 amide bonds. The van der Waals surface area contributed by atoms with Crippen molar-refractivity contribution in [3.8, 4) is 0 Å². The van der Waals surface area contributed by atoms with Crippen LogP contribution in [0.4, 0.5) is 5.69 Å². The zero-order valence-electron chi connectivity index (χ0n) is 12.7. The molecule has 6 nitrogen and oxygen atoms in total. The average Bonchev–Trinajstić information content (AvgIpc) is 2.52. The van der Waals surface area contributed by atoms with Gasteiger partial charge in [0.2, 0.25) is 0 Å². The minimum Gasteiger partial charge on any atom is -0.508 e. The van der Waals surface area contributed by atoms with E-state index in [9.17, 15) is 19.8 Å². The van der Waals surface area contributed by atoms with Crippen LogP contribution < -0.4 is 10.9 Å². The lowest BCUT2D eigenvalue weighted by Gasteiger charge is -2.19. The Morgan fingerprint density at radius 3 is 2.43 bits per heavy atom. The molecule has 0 aliphatic rings. The Morgan fingerprint density at radius 2 is 1.91 bits per heavy atom. The SMILES string of the molecule is C=C/C=C(\C=C(\O)C=C)C(=O)N(N)c1ccc(C)cc1C(=O)O. The molecule has 1 aromatic carbocycles. The molecule has 0 saturated heterocycles. The first-order valence-electron chi connectivity index (χ1n) is 6.60. The maximum atomic E-state index is 12.4. The highest BCUT2D eigenvalue weighted by atomic mass is 16.4. The van der Waals surface area contributed by atoms with Crippen molar-refractivity contribution in [2.24, 2.45) is 5.84 Å². The third kappa shape index (κ3) is 4.42. The highest BCUT2D eigenvalue weighted by Crippen LogP contribution is 2.22. The monoisotopic (exact) mass is 314 g/mol. The summed E-state index contributed by atoms with van der Waals surface area (Å²) in [5, 5.41) is 19.5. The number of aliphatic hydroxyl groups is 1. The minimum atomic E-state index is -1.20. The second-order valence-electron chi connectivity index (χ2n) is 4.63. The summed E-state index contributed by atoms with van der Waals surface area (Å²) in [6.45, 7) is 8.59. The molecule has 0 bridgehead atoms. The van der Waals surface area contributed by atoms with Gasteiger partial charge in [-0.15, -0.1) is 0 Å². The predicted molar refractivity (Wildman–Crippen MR) is 89.0 cm³/mol. The van der Waals surface area contributed by atoms with E-state index in [1.165, 1.54) is 24.3 Å². The van der Waals surface area contributed by atoms with Crippen LogP contribution in [0.5, 0.6) is 0 Å². The number of anilines is 1. The van der Waals surface area contributed by atoms with Gasteiger partial charge in [-0.2, -0.15) is 0 Å². The van der Waals surface area contributed by atoms with Crippen LogP contribution in [0, 0.1) is 6.92 Å². The molecule has 0 fully saturated rings. The molecule has 0 aliphatic heterocycles. The normalized spacial score (nSPS) is 11.7. The van der Waals surface area contributed by atoms with Gasteiger partial charge in [0.25, 0.3) is 5.91 Å². The van der Waals surface area contributed by atoms with Gasteiger partial charge in [-0.05, 0) is 37.3 Å². The first kappa shape index (κ1) is 17.9. The fourth-order valence-corrected chi connectivity index (χ4v) is 1.81. The van der Waals surface area contributed by atoms with Gasteiger partial charge in [0.15, 0.2) is 0 Å². The van der Waals surface area contributed by atoms with Gasteiger partial charge in [-0.3, -0.25) is 4.79 Å². The summed E-state index contributed by atoms with van der Waals surface area (Å²) in [6, 6.07) is 4.50. The predicted octanol–water partition coefficient (Wildman–Crippen LogP) is 2.64. The van der Waals surface area contributed by atoms with Crippen LogP contribution >= 0.6 is 0 Å². The van der Waals surface area contributed by atoms with Crippen molar-refractivity contribution in [1.29, 1.82) is 0 Å². The van der Waals surface area contributed by atoms with E-state index in [1.54, 1.807) is 13.0 Å². The molecule has 120 valence electrons. The third-order valence-electron chi connectivity index (χ3n) is 2.92. The number of rotatable bonds is 6. The number of amides is 1. The fourth-order valence-electron chi connectivity index (χ4n) is 1.81. The molecular formula is C17H18N2O4. The van der Waals surface area contributed by atoms with Gasteiger partial charge in [-0.25, -0.2) is 15.6 Å². The summed E-state index contributed by atoms with van der Waals surface area (Å²) in [5.74, 6) is 3.64.